The van der Waals surface area contributed by atoms with Crippen LogP contribution in [0.5, 0.6) is 0 Å². The van der Waals surface area contributed by atoms with E-state index in [1.807, 2.05) is 11.0 Å². The molecule has 28 heavy (non-hydrogen) atoms. The second kappa shape index (κ2) is 9.15. The van der Waals surface area contributed by atoms with Crippen LogP contribution in [-0.2, 0) is 6.42 Å². The van der Waals surface area contributed by atoms with Gasteiger partial charge in [-0.15, -0.1) is 0 Å². The minimum absolute atomic E-state index is 0.0309. The summed E-state index contributed by atoms with van der Waals surface area (Å²) in [6.45, 7) is 6.44. The summed E-state index contributed by atoms with van der Waals surface area (Å²) in [5.41, 5.74) is 1.89. The van der Waals surface area contributed by atoms with Crippen LogP contribution in [0.1, 0.15) is 35.3 Å². The van der Waals surface area contributed by atoms with E-state index in [9.17, 15) is 4.79 Å². The number of hydrogen-bond donors (Lipinski definition) is 0. The zero-order chi connectivity index (χ0) is 19.2. The fraction of sp³-hybridized carbons (Fsp3) is 0.500. The Labute approximate surface area is 167 Å². The topological polar surface area (TPSA) is 52.6 Å². The van der Waals surface area contributed by atoms with E-state index >= 15 is 0 Å². The van der Waals surface area contributed by atoms with Crippen molar-refractivity contribution in [2.45, 2.75) is 25.7 Å². The predicted molar refractivity (Wildman–Crippen MR) is 111 cm³/mol. The van der Waals surface area contributed by atoms with E-state index in [0.717, 1.165) is 58.1 Å². The number of carbonyl (C=O) groups excluding carboxylic acids is 1. The number of anilines is 1. The highest BCUT2D eigenvalue weighted by Crippen LogP contribution is 2.18. The van der Waals surface area contributed by atoms with E-state index in [2.05, 4.69) is 50.1 Å². The lowest BCUT2D eigenvalue weighted by atomic mass is 10.1. The van der Waals surface area contributed by atoms with Crippen LogP contribution in [0.15, 0.2) is 42.7 Å². The Kier molecular flexibility index (Phi) is 6.17. The van der Waals surface area contributed by atoms with Gasteiger partial charge in [-0.2, -0.15) is 0 Å². The molecule has 2 aliphatic heterocycles. The number of piperidine rings is 1. The third kappa shape index (κ3) is 4.68. The molecule has 2 aliphatic rings. The van der Waals surface area contributed by atoms with Crippen molar-refractivity contribution >= 4 is 11.7 Å². The smallest absolute Gasteiger partial charge is 0.272 e. The van der Waals surface area contributed by atoms with Crippen LogP contribution in [0.2, 0.25) is 0 Å². The van der Waals surface area contributed by atoms with Gasteiger partial charge in [-0.1, -0.05) is 30.3 Å². The van der Waals surface area contributed by atoms with Gasteiger partial charge in [0.1, 0.15) is 17.8 Å². The van der Waals surface area contributed by atoms with Gasteiger partial charge in [0, 0.05) is 51.9 Å². The number of benzene rings is 1. The van der Waals surface area contributed by atoms with E-state index in [0.29, 0.717) is 5.69 Å². The summed E-state index contributed by atoms with van der Waals surface area (Å²) in [5, 5.41) is 0. The normalized spacial score (nSPS) is 18.3. The molecule has 0 bridgehead atoms. The number of piperazine rings is 1. The Hall–Kier alpha value is -2.47. The van der Waals surface area contributed by atoms with Gasteiger partial charge < -0.3 is 9.80 Å². The summed E-state index contributed by atoms with van der Waals surface area (Å²) in [7, 11) is 0. The standard InChI is InChI=1S/C22H29N5O/c28-22(20-17-21(24-18-23-20)26-10-5-2-6-11-26)27-15-13-25(14-16-27)12-9-19-7-3-1-4-8-19/h1,3-4,7-8,17-18H,2,5-6,9-16H2. The van der Waals surface area contributed by atoms with Crippen molar-refractivity contribution in [3.8, 4) is 0 Å². The van der Waals surface area contributed by atoms with Gasteiger partial charge in [-0.3, -0.25) is 9.69 Å². The molecule has 0 N–H and O–H groups in total. The van der Waals surface area contributed by atoms with Crippen molar-refractivity contribution in [1.29, 1.82) is 0 Å². The van der Waals surface area contributed by atoms with Gasteiger partial charge >= 0.3 is 0 Å². The molecule has 0 aliphatic carbocycles. The van der Waals surface area contributed by atoms with Crippen LogP contribution in [-0.4, -0.2) is 71.5 Å². The summed E-state index contributed by atoms with van der Waals surface area (Å²) in [6, 6.07) is 12.5. The molecule has 4 rings (SSSR count). The predicted octanol–water partition coefficient (Wildman–Crippen LogP) is 2.47. The molecule has 2 fully saturated rings. The molecule has 0 saturated carbocycles. The first-order valence-corrected chi connectivity index (χ1v) is 10.4. The van der Waals surface area contributed by atoms with E-state index in [-0.39, 0.29) is 5.91 Å². The Bertz CT molecular complexity index is 768. The molecule has 0 radical (unpaired) electrons. The fourth-order valence-electron chi connectivity index (χ4n) is 4.03. The molecule has 6 heteroatoms. The second-order valence-corrected chi connectivity index (χ2v) is 7.68. The van der Waals surface area contributed by atoms with Crippen molar-refractivity contribution in [2.75, 3.05) is 50.7 Å². The zero-order valence-electron chi connectivity index (χ0n) is 16.5. The largest absolute Gasteiger partial charge is 0.357 e. The summed E-state index contributed by atoms with van der Waals surface area (Å²) in [6.07, 6.45) is 6.26. The second-order valence-electron chi connectivity index (χ2n) is 7.68. The monoisotopic (exact) mass is 379 g/mol. The molecule has 0 atom stereocenters. The van der Waals surface area contributed by atoms with Crippen LogP contribution >= 0.6 is 0 Å². The summed E-state index contributed by atoms with van der Waals surface area (Å²) in [5.74, 6) is 0.919. The summed E-state index contributed by atoms with van der Waals surface area (Å²) >= 11 is 0. The number of amides is 1. The Morgan fingerprint density at radius 2 is 1.64 bits per heavy atom. The van der Waals surface area contributed by atoms with Crippen LogP contribution in [0.3, 0.4) is 0 Å². The number of carbonyl (C=O) groups is 1. The lowest BCUT2D eigenvalue weighted by molar-refractivity contribution is 0.0632. The SMILES string of the molecule is O=C(c1cc(N2CCCCC2)ncn1)N1CCN(CCc2ccccc2)CC1. The van der Waals surface area contributed by atoms with Gasteiger partial charge in [0.15, 0.2) is 0 Å². The lowest BCUT2D eigenvalue weighted by Crippen LogP contribution is -2.49. The van der Waals surface area contributed by atoms with Crippen LogP contribution < -0.4 is 4.90 Å². The van der Waals surface area contributed by atoms with Crippen LogP contribution in [0, 0.1) is 0 Å². The number of rotatable bonds is 5. The Balaban J connectivity index is 1.30. The summed E-state index contributed by atoms with van der Waals surface area (Å²) in [4.78, 5) is 28.2. The van der Waals surface area contributed by atoms with E-state index < -0.39 is 0 Å². The molecule has 0 unspecified atom stereocenters. The van der Waals surface area contributed by atoms with E-state index in [4.69, 9.17) is 0 Å². The van der Waals surface area contributed by atoms with Crippen molar-refractivity contribution in [2.24, 2.45) is 0 Å². The highest BCUT2D eigenvalue weighted by molar-refractivity contribution is 5.93. The van der Waals surface area contributed by atoms with E-state index in [1.165, 1.54) is 31.2 Å². The average molecular weight is 380 g/mol. The summed E-state index contributed by atoms with van der Waals surface area (Å²) < 4.78 is 0. The van der Waals surface area contributed by atoms with Crippen molar-refractivity contribution in [3.05, 3.63) is 54.0 Å². The molecule has 1 amide bonds. The third-order valence-electron chi connectivity index (χ3n) is 5.77. The van der Waals surface area contributed by atoms with Gasteiger partial charge in [0.2, 0.25) is 0 Å². The maximum atomic E-state index is 12.9. The first-order valence-electron chi connectivity index (χ1n) is 10.4. The average Bonchev–Trinajstić information content (AvgIpc) is 2.79. The first-order chi connectivity index (χ1) is 13.8. The molecule has 6 nitrogen and oxygen atoms in total. The minimum Gasteiger partial charge on any atom is -0.357 e. The maximum absolute atomic E-state index is 12.9. The van der Waals surface area contributed by atoms with Crippen LogP contribution in [0.4, 0.5) is 5.82 Å². The number of nitrogens with zero attached hydrogens (tertiary/aromatic N) is 5. The molecule has 148 valence electrons. The van der Waals surface area contributed by atoms with E-state index in [1.54, 1.807) is 0 Å². The molecule has 0 spiro atoms. The molecule has 2 aromatic rings. The van der Waals surface area contributed by atoms with Crippen LogP contribution in [0.25, 0.3) is 0 Å². The molecular formula is C22H29N5O. The molecule has 2 saturated heterocycles. The number of hydrogen-bond acceptors (Lipinski definition) is 5. The molecule has 1 aromatic heterocycles. The zero-order valence-corrected chi connectivity index (χ0v) is 16.5. The fourth-order valence-corrected chi connectivity index (χ4v) is 4.03. The lowest BCUT2D eigenvalue weighted by Gasteiger charge is -2.34. The quantitative estimate of drug-likeness (QED) is 0.799. The molecular weight excluding hydrogens is 350 g/mol. The highest BCUT2D eigenvalue weighted by Gasteiger charge is 2.24. The van der Waals surface area contributed by atoms with Crippen molar-refractivity contribution < 1.29 is 4.79 Å². The van der Waals surface area contributed by atoms with Gasteiger partial charge in [-0.05, 0) is 31.2 Å². The maximum Gasteiger partial charge on any atom is 0.272 e. The van der Waals surface area contributed by atoms with Crippen molar-refractivity contribution in [3.63, 3.8) is 0 Å². The Morgan fingerprint density at radius 3 is 2.39 bits per heavy atom. The number of aromatic nitrogens is 2. The molecule has 1 aromatic carbocycles. The molecule has 3 heterocycles. The van der Waals surface area contributed by atoms with Gasteiger partial charge in [0.05, 0.1) is 0 Å². The van der Waals surface area contributed by atoms with Gasteiger partial charge in [0.25, 0.3) is 5.91 Å². The van der Waals surface area contributed by atoms with Gasteiger partial charge in [-0.25, -0.2) is 9.97 Å². The first kappa shape index (κ1) is 18.9. The Morgan fingerprint density at radius 1 is 0.893 bits per heavy atom. The van der Waals surface area contributed by atoms with Crippen molar-refractivity contribution in [1.82, 2.24) is 19.8 Å². The minimum atomic E-state index is 0.0309. The highest BCUT2D eigenvalue weighted by atomic mass is 16.2. The third-order valence-corrected chi connectivity index (χ3v) is 5.77.